The summed E-state index contributed by atoms with van der Waals surface area (Å²) >= 11 is 0. The average molecular weight is 176 g/mol. The number of pyridine rings is 1. The number of imidazole rings is 1. The molecule has 13 heavy (non-hydrogen) atoms. The summed E-state index contributed by atoms with van der Waals surface area (Å²) in [6.45, 7) is 1.89. The molecule has 0 radical (unpaired) electrons. The van der Waals surface area contributed by atoms with Crippen molar-refractivity contribution >= 4 is 18.1 Å². The van der Waals surface area contributed by atoms with E-state index in [1.54, 1.807) is 24.5 Å². The molecule has 2 rings (SSSR count). The number of aryl methyl sites for hydroxylation is 1. The van der Waals surface area contributed by atoms with E-state index in [4.69, 9.17) is 10.0 Å². The SMILES string of the molecule is Cc1ncc2cc(B(O)O)ccn12. The van der Waals surface area contributed by atoms with Gasteiger partial charge in [-0.15, -0.1) is 0 Å². The molecule has 0 aliphatic rings. The van der Waals surface area contributed by atoms with E-state index >= 15 is 0 Å². The van der Waals surface area contributed by atoms with Gasteiger partial charge in [-0.3, -0.25) is 0 Å². The van der Waals surface area contributed by atoms with E-state index in [0.29, 0.717) is 5.46 Å². The summed E-state index contributed by atoms with van der Waals surface area (Å²) < 4.78 is 1.88. The quantitative estimate of drug-likeness (QED) is 0.566. The number of rotatable bonds is 1. The molecule has 5 heteroatoms. The smallest absolute Gasteiger partial charge is 0.423 e. The molecule has 0 saturated carbocycles. The van der Waals surface area contributed by atoms with Crippen LogP contribution in [0.1, 0.15) is 5.82 Å². The molecule has 0 spiro atoms. The van der Waals surface area contributed by atoms with E-state index < -0.39 is 7.12 Å². The highest BCUT2D eigenvalue weighted by molar-refractivity contribution is 6.58. The first-order valence-electron chi connectivity index (χ1n) is 3.98. The van der Waals surface area contributed by atoms with E-state index in [-0.39, 0.29) is 0 Å². The zero-order valence-electron chi connectivity index (χ0n) is 7.18. The number of hydrogen-bond donors (Lipinski definition) is 2. The molecule has 0 atom stereocenters. The van der Waals surface area contributed by atoms with Crippen molar-refractivity contribution in [2.45, 2.75) is 6.92 Å². The van der Waals surface area contributed by atoms with Crippen LogP contribution in [-0.2, 0) is 0 Å². The monoisotopic (exact) mass is 176 g/mol. The van der Waals surface area contributed by atoms with Gasteiger partial charge >= 0.3 is 7.12 Å². The summed E-state index contributed by atoms with van der Waals surface area (Å²) in [6, 6.07) is 3.36. The van der Waals surface area contributed by atoms with Gasteiger partial charge in [-0.2, -0.15) is 0 Å². The van der Waals surface area contributed by atoms with E-state index in [2.05, 4.69) is 4.98 Å². The highest BCUT2D eigenvalue weighted by Gasteiger charge is 2.11. The maximum atomic E-state index is 8.92. The molecule has 0 unspecified atom stereocenters. The average Bonchev–Trinajstić information content (AvgIpc) is 2.47. The summed E-state index contributed by atoms with van der Waals surface area (Å²) in [6.07, 6.45) is 3.47. The van der Waals surface area contributed by atoms with Gasteiger partial charge < -0.3 is 14.4 Å². The highest BCUT2D eigenvalue weighted by Crippen LogP contribution is 2.03. The van der Waals surface area contributed by atoms with E-state index in [0.717, 1.165) is 11.3 Å². The first-order valence-corrected chi connectivity index (χ1v) is 3.98. The Balaban J connectivity index is 2.63. The lowest BCUT2D eigenvalue weighted by Gasteiger charge is -2.00. The molecule has 0 amide bonds. The van der Waals surface area contributed by atoms with Crippen LogP contribution in [0.4, 0.5) is 0 Å². The standard InChI is InChI=1S/C8H9BN2O2/c1-6-10-5-8-4-7(9(12)13)2-3-11(6)8/h2-5,12-13H,1H3. The normalized spacial score (nSPS) is 10.7. The van der Waals surface area contributed by atoms with Crippen molar-refractivity contribution < 1.29 is 10.0 Å². The summed E-state index contributed by atoms with van der Waals surface area (Å²) in [5, 5.41) is 17.8. The first kappa shape index (κ1) is 8.28. The molecule has 2 N–H and O–H groups in total. The second-order valence-electron chi connectivity index (χ2n) is 2.93. The van der Waals surface area contributed by atoms with Crippen LogP contribution in [0.3, 0.4) is 0 Å². The van der Waals surface area contributed by atoms with Crippen molar-refractivity contribution in [3.63, 3.8) is 0 Å². The van der Waals surface area contributed by atoms with Crippen molar-refractivity contribution in [2.24, 2.45) is 0 Å². The Labute approximate surface area is 75.6 Å². The van der Waals surface area contributed by atoms with Gasteiger partial charge in [0.15, 0.2) is 0 Å². The summed E-state index contributed by atoms with van der Waals surface area (Å²) in [5.74, 6) is 0.883. The molecule has 0 aliphatic heterocycles. The number of hydrogen-bond acceptors (Lipinski definition) is 3. The largest absolute Gasteiger partial charge is 0.488 e. The Bertz CT molecular complexity index is 439. The first-order chi connectivity index (χ1) is 6.18. The fourth-order valence-electron chi connectivity index (χ4n) is 1.31. The third-order valence-corrected chi connectivity index (χ3v) is 2.04. The zero-order valence-corrected chi connectivity index (χ0v) is 7.18. The molecule has 0 bridgehead atoms. The molecule has 4 nitrogen and oxygen atoms in total. The minimum atomic E-state index is -1.42. The van der Waals surface area contributed by atoms with Gasteiger partial charge in [-0.25, -0.2) is 4.98 Å². The second kappa shape index (κ2) is 2.87. The molecule has 2 aromatic rings. The van der Waals surface area contributed by atoms with Crippen molar-refractivity contribution in [2.75, 3.05) is 0 Å². The van der Waals surface area contributed by atoms with Crippen molar-refractivity contribution in [3.8, 4) is 0 Å². The van der Waals surface area contributed by atoms with Gasteiger partial charge in [0.1, 0.15) is 5.82 Å². The molecular weight excluding hydrogens is 167 g/mol. The Morgan fingerprint density at radius 2 is 2.23 bits per heavy atom. The van der Waals surface area contributed by atoms with Gasteiger partial charge in [0.25, 0.3) is 0 Å². The Kier molecular flexibility index (Phi) is 1.83. The van der Waals surface area contributed by atoms with Gasteiger partial charge in [0.2, 0.25) is 0 Å². The lowest BCUT2D eigenvalue weighted by Crippen LogP contribution is -2.29. The van der Waals surface area contributed by atoms with Gasteiger partial charge in [-0.1, -0.05) is 0 Å². The summed E-state index contributed by atoms with van der Waals surface area (Å²) in [4.78, 5) is 4.10. The minimum Gasteiger partial charge on any atom is -0.423 e. The van der Waals surface area contributed by atoms with Crippen LogP contribution in [0.5, 0.6) is 0 Å². The van der Waals surface area contributed by atoms with E-state index in [1.165, 1.54) is 0 Å². The predicted octanol–water partition coefficient (Wildman–Crippen LogP) is -0.677. The van der Waals surface area contributed by atoms with Crippen LogP contribution < -0.4 is 5.46 Å². The van der Waals surface area contributed by atoms with Gasteiger partial charge in [0, 0.05) is 6.20 Å². The molecule has 0 fully saturated rings. The van der Waals surface area contributed by atoms with Crippen LogP contribution >= 0.6 is 0 Å². The molecular formula is C8H9BN2O2. The molecule has 0 saturated heterocycles. The molecule has 2 aromatic heterocycles. The van der Waals surface area contributed by atoms with Crippen molar-refractivity contribution in [1.82, 2.24) is 9.38 Å². The Hall–Kier alpha value is -1.33. The second-order valence-corrected chi connectivity index (χ2v) is 2.93. The number of fused-ring (bicyclic) bond motifs is 1. The maximum absolute atomic E-state index is 8.92. The summed E-state index contributed by atoms with van der Waals surface area (Å²) in [5.41, 5.74) is 1.34. The van der Waals surface area contributed by atoms with E-state index in [1.807, 2.05) is 11.3 Å². The zero-order chi connectivity index (χ0) is 9.42. The third-order valence-electron chi connectivity index (χ3n) is 2.04. The van der Waals surface area contributed by atoms with Crippen LogP contribution in [-0.4, -0.2) is 26.6 Å². The fourth-order valence-corrected chi connectivity index (χ4v) is 1.31. The molecule has 0 aliphatic carbocycles. The van der Waals surface area contributed by atoms with Crippen LogP contribution in [0.25, 0.3) is 5.52 Å². The van der Waals surface area contributed by atoms with Crippen LogP contribution in [0, 0.1) is 6.92 Å². The van der Waals surface area contributed by atoms with Crippen molar-refractivity contribution in [3.05, 3.63) is 30.4 Å². The number of nitrogens with zero attached hydrogens (tertiary/aromatic N) is 2. The number of aromatic nitrogens is 2. The van der Waals surface area contributed by atoms with E-state index in [9.17, 15) is 0 Å². The molecule has 66 valence electrons. The molecule has 0 aromatic carbocycles. The van der Waals surface area contributed by atoms with Gasteiger partial charge in [-0.05, 0) is 24.5 Å². The lowest BCUT2D eigenvalue weighted by molar-refractivity contribution is 0.426. The third kappa shape index (κ3) is 1.32. The van der Waals surface area contributed by atoms with Gasteiger partial charge in [0.05, 0.1) is 11.7 Å². The van der Waals surface area contributed by atoms with Crippen LogP contribution in [0.15, 0.2) is 24.5 Å². The highest BCUT2D eigenvalue weighted by atomic mass is 16.4. The predicted molar refractivity (Wildman–Crippen MR) is 49.8 cm³/mol. The Morgan fingerprint density at radius 3 is 2.92 bits per heavy atom. The summed E-state index contributed by atoms with van der Waals surface area (Å²) in [7, 11) is -1.42. The minimum absolute atomic E-state index is 0.479. The Morgan fingerprint density at radius 1 is 1.46 bits per heavy atom. The lowest BCUT2D eigenvalue weighted by atomic mass is 9.81. The van der Waals surface area contributed by atoms with Crippen LogP contribution in [0.2, 0.25) is 0 Å². The maximum Gasteiger partial charge on any atom is 0.488 e. The fraction of sp³-hybridized carbons (Fsp3) is 0.125. The van der Waals surface area contributed by atoms with Crippen molar-refractivity contribution in [1.29, 1.82) is 0 Å². The topological polar surface area (TPSA) is 57.8 Å². The molecule has 2 heterocycles.